The Morgan fingerprint density at radius 3 is 2.45 bits per heavy atom. The highest BCUT2D eigenvalue weighted by Gasteiger charge is 2.42. The standard InChI is InChI=1S/C5H5F3O3/c1-2-3-10-11-4(9)5(6,7)8/h2H,1,3H2. The van der Waals surface area contributed by atoms with Gasteiger partial charge in [-0.05, 0) is 0 Å². The van der Waals surface area contributed by atoms with Crippen molar-refractivity contribution in [2.45, 2.75) is 6.18 Å². The van der Waals surface area contributed by atoms with Gasteiger partial charge in [0, 0.05) is 0 Å². The van der Waals surface area contributed by atoms with Gasteiger partial charge < -0.3 is 0 Å². The van der Waals surface area contributed by atoms with Gasteiger partial charge in [-0.15, -0.1) is 6.58 Å². The van der Waals surface area contributed by atoms with E-state index in [1.165, 1.54) is 0 Å². The first kappa shape index (κ1) is 9.96. The van der Waals surface area contributed by atoms with Crippen molar-refractivity contribution < 1.29 is 27.7 Å². The number of rotatable bonds is 3. The molecule has 3 nitrogen and oxygen atoms in total. The molecule has 0 fully saturated rings. The molecular formula is C5H5F3O3. The van der Waals surface area contributed by atoms with E-state index >= 15 is 0 Å². The first-order chi connectivity index (χ1) is 4.98. The molecule has 0 aromatic heterocycles. The Morgan fingerprint density at radius 2 is 2.09 bits per heavy atom. The summed E-state index contributed by atoms with van der Waals surface area (Å²) in [7, 11) is 0. The van der Waals surface area contributed by atoms with E-state index < -0.39 is 12.1 Å². The van der Waals surface area contributed by atoms with E-state index in [0.717, 1.165) is 6.08 Å². The second-order valence-electron chi connectivity index (χ2n) is 1.44. The van der Waals surface area contributed by atoms with Crippen molar-refractivity contribution >= 4 is 5.97 Å². The molecule has 0 saturated heterocycles. The summed E-state index contributed by atoms with van der Waals surface area (Å²) >= 11 is 0. The van der Waals surface area contributed by atoms with Crippen molar-refractivity contribution in [3.05, 3.63) is 12.7 Å². The highest BCUT2D eigenvalue weighted by molar-refractivity contribution is 5.74. The lowest BCUT2D eigenvalue weighted by atomic mass is 10.7. The third-order valence-electron chi connectivity index (χ3n) is 0.552. The Balaban J connectivity index is 3.62. The van der Waals surface area contributed by atoms with Crippen molar-refractivity contribution in [2.24, 2.45) is 0 Å². The molecule has 0 spiro atoms. The Morgan fingerprint density at radius 1 is 1.55 bits per heavy atom. The molecule has 0 bridgehead atoms. The lowest BCUT2D eigenvalue weighted by molar-refractivity contribution is -0.295. The van der Waals surface area contributed by atoms with Gasteiger partial charge >= 0.3 is 12.1 Å². The summed E-state index contributed by atoms with van der Waals surface area (Å²) in [6, 6.07) is 0. The third kappa shape index (κ3) is 4.38. The number of alkyl halides is 3. The van der Waals surface area contributed by atoms with Crippen molar-refractivity contribution in [2.75, 3.05) is 6.61 Å². The van der Waals surface area contributed by atoms with E-state index in [2.05, 4.69) is 16.4 Å². The number of hydrogen-bond acceptors (Lipinski definition) is 3. The van der Waals surface area contributed by atoms with E-state index in [9.17, 15) is 18.0 Å². The summed E-state index contributed by atoms with van der Waals surface area (Å²) in [5.74, 6) is -2.38. The molecular weight excluding hydrogens is 165 g/mol. The SMILES string of the molecule is C=CCOOC(=O)C(F)(F)F. The maximum absolute atomic E-state index is 11.3. The molecule has 0 amide bonds. The molecule has 0 aromatic rings. The molecule has 0 heterocycles. The zero-order valence-corrected chi connectivity index (χ0v) is 5.35. The summed E-state index contributed by atoms with van der Waals surface area (Å²) in [5.41, 5.74) is 0. The summed E-state index contributed by atoms with van der Waals surface area (Å²) in [4.78, 5) is 16.9. The lowest BCUT2D eigenvalue weighted by Gasteiger charge is -2.03. The fourth-order valence-electron chi connectivity index (χ4n) is 0.183. The number of carbonyl (C=O) groups is 1. The van der Waals surface area contributed by atoms with Crippen LogP contribution in [-0.4, -0.2) is 18.8 Å². The van der Waals surface area contributed by atoms with Crippen LogP contribution in [0.5, 0.6) is 0 Å². The number of hydrogen-bond donors (Lipinski definition) is 0. The molecule has 0 saturated carbocycles. The predicted octanol–water partition coefficient (Wildman–Crippen LogP) is 1.21. The minimum absolute atomic E-state index is 0.276. The highest BCUT2D eigenvalue weighted by Crippen LogP contribution is 2.16. The van der Waals surface area contributed by atoms with Crippen molar-refractivity contribution in [3.8, 4) is 0 Å². The van der Waals surface area contributed by atoms with Gasteiger partial charge in [-0.3, -0.25) is 4.89 Å². The van der Waals surface area contributed by atoms with Gasteiger partial charge in [0.05, 0.1) is 0 Å². The van der Waals surface area contributed by atoms with Gasteiger partial charge in [-0.2, -0.15) is 18.1 Å². The van der Waals surface area contributed by atoms with Crippen LogP contribution in [0.25, 0.3) is 0 Å². The maximum atomic E-state index is 11.3. The smallest absolute Gasteiger partial charge is 0.288 e. The van der Waals surface area contributed by atoms with Crippen LogP contribution in [0.2, 0.25) is 0 Å². The summed E-state index contributed by atoms with van der Waals surface area (Å²) in [6.45, 7) is 2.85. The molecule has 0 aliphatic carbocycles. The van der Waals surface area contributed by atoms with Crippen molar-refractivity contribution in [1.29, 1.82) is 0 Å². The minimum Gasteiger partial charge on any atom is -0.288 e. The normalized spacial score (nSPS) is 10.8. The molecule has 64 valence electrons. The van der Waals surface area contributed by atoms with Gasteiger partial charge in [0.25, 0.3) is 0 Å². The molecule has 0 N–H and O–H groups in total. The first-order valence-corrected chi connectivity index (χ1v) is 2.50. The second kappa shape index (κ2) is 3.97. The molecule has 6 heteroatoms. The quantitative estimate of drug-likeness (QED) is 0.276. The van der Waals surface area contributed by atoms with Crippen LogP contribution < -0.4 is 0 Å². The molecule has 0 aliphatic heterocycles. The summed E-state index contributed by atoms with van der Waals surface area (Å²) < 4.78 is 33.9. The van der Waals surface area contributed by atoms with E-state index in [-0.39, 0.29) is 6.61 Å². The van der Waals surface area contributed by atoms with Gasteiger partial charge in [0.2, 0.25) is 0 Å². The zero-order chi connectivity index (χ0) is 8.91. The van der Waals surface area contributed by atoms with Gasteiger partial charge in [-0.1, -0.05) is 6.08 Å². The highest BCUT2D eigenvalue weighted by atomic mass is 19.4. The maximum Gasteiger partial charge on any atom is 0.494 e. The molecule has 0 aliphatic rings. The van der Waals surface area contributed by atoms with E-state index in [1.807, 2.05) is 0 Å². The zero-order valence-electron chi connectivity index (χ0n) is 5.35. The number of halogens is 3. The first-order valence-electron chi connectivity index (χ1n) is 2.50. The molecule has 0 rings (SSSR count). The van der Waals surface area contributed by atoms with Gasteiger partial charge in [0.15, 0.2) is 0 Å². The Hall–Kier alpha value is -1.04. The van der Waals surface area contributed by atoms with E-state index in [0.29, 0.717) is 0 Å². The van der Waals surface area contributed by atoms with E-state index in [1.54, 1.807) is 0 Å². The summed E-state index contributed by atoms with van der Waals surface area (Å²) in [6.07, 6.45) is -3.87. The van der Waals surface area contributed by atoms with Gasteiger partial charge in [-0.25, -0.2) is 4.79 Å². The van der Waals surface area contributed by atoms with Crippen LogP contribution in [-0.2, 0) is 14.6 Å². The van der Waals surface area contributed by atoms with Crippen LogP contribution >= 0.6 is 0 Å². The van der Waals surface area contributed by atoms with Crippen molar-refractivity contribution in [3.63, 3.8) is 0 Å². The third-order valence-corrected chi connectivity index (χ3v) is 0.552. The second-order valence-corrected chi connectivity index (χ2v) is 1.44. The van der Waals surface area contributed by atoms with Gasteiger partial charge in [0.1, 0.15) is 6.61 Å². The fraction of sp³-hybridized carbons (Fsp3) is 0.400. The van der Waals surface area contributed by atoms with Crippen LogP contribution in [0.15, 0.2) is 12.7 Å². The average molecular weight is 170 g/mol. The summed E-state index contributed by atoms with van der Waals surface area (Å²) in [5, 5.41) is 0. The number of carbonyl (C=O) groups excluding carboxylic acids is 1. The molecule has 0 radical (unpaired) electrons. The molecule has 11 heavy (non-hydrogen) atoms. The Labute approximate surface area is 60.3 Å². The Kier molecular flexibility index (Phi) is 3.59. The Bertz CT molecular complexity index is 152. The largest absolute Gasteiger partial charge is 0.494 e. The van der Waals surface area contributed by atoms with Crippen LogP contribution in [0.3, 0.4) is 0 Å². The van der Waals surface area contributed by atoms with Crippen LogP contribution in [0.4, 0.5) is 13.2 Å². The minimum atomic E-state index is -5.01. The topological polar surface area (TPSA) is 35.5 Å². The molecule has 0 aromatic carbocycles. The molecule has 0 unspecified atom stereocenters. The molecule has 0 atom stereocenters. The van der Waals surface area contributed by atoms with Crippen LogP contribution in [0.1, 0.15) is 0 Å². The monoisotopic (exact) mass is 170 g/mol. The lowest BCUT2D eigenvalue weighted by Crippen LogP contribution is -2.25. The average Bonchev–Trinajstić information content (AvgIpc) is 1.86. The van der Waals surface area contributed by atoms with Crippen LogP contribution in [0, 0.1) is 0 Å². The fourth-order valence-corrected chi connectivity index (χ4v) is 0.183. The predicted molar refractivity (Wildman–Crippen MR) is 28.3 cm³/mol. The van der Waals surface area contributed by atoms with Crippen molar-refractivity contribution in [1.82, 2.24) is 0 Å². The van der Waals surface area contributed by atoms with E-state index in [4.69, 9.17) is 0 Å².